The number of hydrogen-bond acceptors (Lipinski definition) is 3. The van der Waals surface area contributed by atoms with E-state index < -0.39 is 0 Å². The van der Waals surface area contributed by atoms with Crippen LogP contribution < -0.4 is 5.69 Å². The van der Waals surface area contributed by atoms with Crippen molar-refractivity contribution in [2.24, 2.45) is 7.05 Å². The number of rotatable bonds is 1. The second-order valence-corrected chi connectivity index (χ2v) is 4.94. The second-order valence-electron chi connectivity index (χ2n) is 4.55. The molecule has 1 aliphatic rings. The van der Waals surface area contributed by atoms with Crippen LogP contribution in [-0.4, -0.2) is 27.3 Å². The molecule has 0 aromatic carbocycles. The SMILES string of the molecule is Cn1c(=O)n(C2CCOCC2)c2cc(Cl)ncc21. The average Bonchev–Trinajstić information content (AvgIpc) is 2.63. The van der Waals surface area contributed by atoms with Crippen molar-refractivity contribution in [1.29, 1.82) is 0 Å². The van der Waals surface area contributed by atoms with Crippen molar-refractivity contribution < 1.29 is 4.74 Å². The molecule has 0 unspecified atom stereocenters. The highest BCUT2D eigenvalue weighted by atomic mass is 35.5. The van der Waals surface area contributed by atoms with E-state index in [1.54, 1.807) is 23.9 Å². The Labute approximate surface area is 109 Å². The molecule has 0 spiro atoms. The fourth-order valence-electron chi connectivity index (χ4n) is 2.53. The molecule has 2 aromatic rings. The molecule has 1 fully saturated rings. The van der Waals surface area contributed by atoms with E-state index >= 15 is 0 Å². The highest BCUT2D eigenvalue weighted by molar-refractivity contribution is 6.29. The number of fused-ring (bicyclic) bond motifs is 1. The van der Waals surface area contributed by atoms with Gasteiger partial charge in [0.15, 0.2) is 0 Å². The van der Waals surface area contributed by atoms with Crippen molar-refractivity contribution in [2.45, 2.75) is 18.9 Å². The summed E-state index contributed by atoms with van der Waals surface area (Å²) in [6.07, 6.45) is 3.37. The molecule has 96 valence electrons. The maximum atomic E-state index is 12.3. The topological polar surface area (TPSA) is 49.0 Å². The molecule has 0 aliphatic carbocycles. The molecular weight excluding hydrogens is 254 g/mol. The number of hydrogen-bond donors (Lipinski definition) is 0. The van der Waals surface area contributed by atoms with Gasteiger partial charge in [0.1, 0.15) is 5.15 Å². The maximum Gasteiger partial charge on any atom is 0.329 e. The van der Waals surface area contributed by atoms with Crippen LogP contribution in [0.1, 0.15) is 18.9 Å². The largest absolute Gasteiger partial charge is 0.381 e. The van der Waals surface area contributed by atoms with Crippen LogP contribution >= 0.6 is 11.6 Å². The molecule has 1 saturated heterocycles. The number of nitrogens with zero attached hydrogens (tertiary/aromatic N) is 3. The Bertz CT molecular complexity index is 641. The summed E-state index contributed by atoms with van der Waals surface area (Å²) < 4.78 is 8.79. The standard InChI is InChI=1S/C12H14ClN3O2/c1-15-10-7-14-11(13)6-9(10)16(12(15)17)8-2-4-18-5-3-8/h6-8H,2-5H2,1H3. The van der Waals surface area contributed by atoms with Crippen molar-refractivity contribution in [2.75, 3.05) is 13.2 Å². The third-order valence-corrected chi connectivity index (χ3v) is 3.70. The van der Waals surface area contributed by atoms with E-state index in [9.17, 15) is 4.79 Å². The van der Waals surface area contributed by atoms with Gasteiger partial charge in [0.25, 0.3) is 0 Å². The lowest BCUT2D eigenvalue weighted by atomic mass is 10.1. The molecule has 3 rings (SSSR count). The molecule has 18 heavy (non-hydrogen) atoms. The van der Waals surface area contributed by atoms with Gasteiger partial charge in [-0.25, -0.2) is 9.78 Å². The first-order valence-corrected chi connectivity index (χ1v) is 6.36. The zero-order valence-electron chi connectivity index (χ0n) is 10.1. The van der Waals surface area contributed by atoms with Gasteiger partial charge in [-0.15, -0.1) is 0 Å². The fourth-order valence-corrected chi connectivity index (χ4v) is 2.68. The monoisotopic (exact) mass is 267 g/mol. The molecular formula is C12H14ClN3O2. The van der Waals surface area contributed by atoms with Gasteiger partial charge in [0.2, 0.25) is 0 Å². The van der Waals surface area contributed by atoms with Crippen LogP contribution in [0.5, 0.6) is 0 Å². The quantitative estimate of drug-likeness (QED) is 0.740. The lowest BCUT2D eigenvalue weighted by Crippen LogP contribution is -2.29. The van der Waals surface area contributed by atoms with Crippen LogP contribution in [-0.2, 0) is 11.8 Å². The van der Waals surface area contributed by atoms with Gasteiger partial charge in [-0.3, -0.25) is 9.13 Å². The normalized spacial score (nSPS) is 17.4. The molecule has 3 heterocycles. The number of halogens is 1. The van der Waals surface area contributed by atoms with Crippen LogP contribution in [0.4, 0.5) is 0 Å². The number of ether oxygens (including phenoxy) is 1. The molecule has 0 N–H and O–H groups in total. The molecule has 0 radical (unpaired) electrons. The first-order chi connectivity index (χ1) is 8.68. The minimum absolute atomic E-state index is 0.0130. The second kappa shape index (κ2) is 4.40. The smallest absolute Gasteiger partial charge is 0.329 e. The Hall–Kier alpha value is -1.33. The highest BCUT2D eigenvalue weighted by Gasteiger charge is 2.21. The predicted octanol–water partition coefficient (Wildman–Crippen LogP) is 1.74. The maximum absolute atomic E-state index is 12.3. The highest BCUT2D eigenvalue weighted by Crippen LogP contribution is 2.25. The van der Waals surface area contributed by atoms with Crippen LogP contribution in [0.2, 0.25) is 5.15 Å². The van der Waals surface area contributed by atoms with Gasteiger partial charge in [0.05, 0.1) is 17.2 Å². The van der Waals surface area contributed by atoms with Crippen molar-refractivity contribution in [3.63, 3.8) is 0 Å². The van der Waals surface area contributed by atoms with Gasteiger partial charge >= 0.3 is 5.69 Å². The molecule has 0 atom stereocenters. The third kappa shape index (κ3) is 1.74. The summed E-state index contributed by atoms with van der Waals surface area (Å²) in [6.45, 7) is 1.40. The number of aromatic nitrogens is 3. The molecule has 2 aromatic heterocycles. The number of aryl methyl sites for hydroxylation is 1. The predicted molar refractivity (Wildman–Crippen MR) is 69.1 cm³/mol. The van der Waals surface area contributed by atoms with E-state index in [0.29, 0.717) is 18.4 Å². The summed E-state index contributed by atoms with van der Waals surface area (Å²) in [6, 6.07) is 1.95. The van der Waals surface area contributed by atoms with Gasteiger partial charge in [-0.05, 0) is 12.8 Å². The average molecular weight is 268 g/mol. The minimum Gasteiger partial charge on any atom is -0.381 e. The molecule has 0 saturated carbocycles. The first-order valence-electron chi connectivity index (χ1n) is 5.98. The lowest BCUT2D eigenvalue weighted by molar-refractivity contribution is 0.0696. The van der Waals surface area contributed by atoms with Crippen molar-refractivity contribution >= 4 is 22.6 Å². The summed E-state index contributed by atoms with van der Waals surface area (Å²) in [5.74, 6) is 0. The van der Waals surface area contributed by atoms with Crippen LogP contribution in [0.3, 0.4) is 0 Å². The summed E-state index contributed by atoms with van der Waals surface area (Å²) in [4.78, 5) is 16.3. The zero-order chi connectivity index (χ0) is 12.7. The zero-order valence-corrected chi connectivity index (χ0v) is 10.9. The molecule has 1 aliphatic heterocycles. The van der Waals surface area contributed by atoms with Gasteiger partial charge in [-0.2, -0.15) is 0 Å². The summed E-state index contributed by atoms with van der Waals surface area (Å²) >= 11 is 5.93. The van der Waals surface area contributed by atoms with E-state index in [-0.39, 0.29) is 11.7 Å². The van der Waals surface area contributed by atoms with E-state index in [0.717, 1.165) is 23.9 Å². The van der Waals surface area contributed by atoms with Crippen LogP contribution in [0.25, 0.3) is 11.0 Å². The van der Waals surface area contributed by atoms with Crippen LogP contribution in [0, 0.1) is 0 Å². The fraction of sp³-hybridized carbons (Fsp3) is 0.500. The Morgan fingerprint density at radius 1 is 1.39 bits per heavy atom. The molecule has 0 bridgehead atoms. The van der Waals surface area contributed by atoms with E-state index in [1.807, 2.05) is 4.57 Å². The van der Waals surface area contributed by atoms with E-state index in [1.165, 1.54) is 0 Å². The van der Waals surface area contributed by atoms with Gasteiger partial charge < -0.3 is 4.74 Å². The third-order valence-electron chi connectivity index (χ3n) is 3.50. The summed E-state index contributed by atoms with van der Waals surface area (Å²) in [5, 5.41) is 0.411. The Morgan fingerprint density at radius 3 is 2.83 bits per heavy atom. The Balaban J connectivity index is 2.23. The Kier molecular flexibility index (Phi) is 2.87. The Morgan fingerprint density at radius 2 is 2.11 bits per heavy atom. The summed E-state index contributed by atoms with van der Waals surface area (Å²) in [7, 11) is 1.76. The lowest BCUT2D eigenvalue weighted by Gasteiger charge is -2.23. The minimum atomic E-state index is -0.0130. The van der Waals surface area contributed by atoms with E-state index in [2.05, 4.69) is 4.98 Å². The first kappa shape index (κ1) is 11.7. The number of imidazole rings is 1. The van der Waals surface area contributed by atoms with E-state index in [4.69, 9.17) is 16.3 Å². The molecule has 0 amide bonds. The van der Waals surface area contributed by atoms with Crippen LogP contribution in [0.15, 0.2) is 17.1 Å². The summed E-state index contributed by atoms with van der Waals surface area (Å²) in [5.41, 5.74) is 1.66. The molecule has 5 nitrogen and oxygen atoms in total. The van der Waals surface area contributed by atoms with Gasteiger partial charge in [0, 0.05) is 32.4 Å². The van der Waals surface area contributed by atoms with Crippen molar-refractivity contribution in [1.82, 2.24) is 14.1 Å². The van der Waals surface area contributed by atoms with Gasteiger partial charge in [-0.1, -0.05) is 11.6 Å². The number of pyridine rings is 1. The van der Waals surface area contributed by atoms with Crippen molar-refractivity contribution in [3.05, 3.63) is 27.9 Å². The van der Waals surface area contributed by atoms with Crippen molar-refractivity contribution in [3.8, 4) is 0 Å². The molecule has 6 heteroatoms.